The molecule has 1 aliphatic heterocycles. The fourth-order valence-electron chi connectivity index (χ4n) is 3.21. The monoisotopic (exact) mass is 370 g/mol. The number of nitrogens with one attached hydrogen (secondary N) is 1. The minimum Gasteiger partial charge on any atom is -0.491 e. The van der Waals surface area contributed by atoms with E-state index in [1.165, 1.54) is 0 Å². The minimum absolute atomic E-state index is 0.263. The number of nitrogens with zero attached hydrogens (tertiary/aromatic N) is 4. The summed E-state index contributed by atoms with van der Waals surface area (Å²) in [5, 5.41) is 8.11. The van der Waals surface area contributed by atoms with E-state index in [9.17, 15) is 0 Å². The topological polar surface area (TPSA) is 90.9 Å². The Labute approximate surface area is 156 Å². The predicted octanol–water partition coefficient (Wildman–Crippen LogP) is 2.57. The van der Waals surface area contributed by atoms with Gasteiger partial charge in [-0.2, -0.15) is 5.10 Å². The first-order valence-corrected chi connectivity index (χ1v) is 8.76. The second-order valence-electron chi connectivity index (χ2n) is 6.17. The third kappa shape index (κ3) is 3.23. The summed E-state index contributed by atoms with van der Waals surface area (Å²) in [7, 11) is 0. The van der Waals surface area contributed by atoms with Crippen molar-refractivity contribution < 1.29 is 4.74 Å². The molecule has 3 heterocycles. The summed E-state index contributed by atoms with van der Waals surface area (Å²) in [4.78, 5) is 8.85. The Kier molecular flexibility index (Phi) is 4.48. The number of fused-ring (bicyclic) bond motifs is 1. The van der Waals surface area contributed by atoms with E-state index in [1.807, 2.05) is 36.0 Å². The van der Waals surface area contributed by atoms with E-state index in [0.717, 1.165) is 28.1 Å². The second kappa shape index (κ2) is 6.93. The molecule has 134 valence electrons. The largest absolute Gasteiger partial charge is 0.491 e. The number of nitrogen functional groups attached to an aromatic ring is 1. The lowest BCUT2D eigenvalue weighted by atomic mass is 10.00. The van der Waals surface area contributed by atoms with E-state index in [2.05, 4.69) is 20.4 Å². The summed E-state index contributed by atoms with van der Waals surface area (Å²) in [5.74, 6) is 0.952. The Balaban J connectivity index is 1.72. The number of nitrogens with two attached hydrogens (primary N) is 1. The van der Waals surface area contributed by atoms with Crippen molar-refractivity contribution in [1.29, 1.82) is 0 Å². The van der Waals surface area contributed by atoms with E-state index in [4.69, 9.17) is 22.1 Å². The van der Waals surface area contributed by atoms with Crippen LogP contribution < -0.4 is 15.8 Å². The van der Waals surface area contributed by atoms with Crippen LogP contribution in [0.2, 0.25) is 5.02 Å². The van der Waals surface area contributed by atoms with Crippen LogP contribution in [0.5, 0.6) is 5.75 Å². The summed E-state index contributed by atoms with van der Waals surface area (Å²) in [6.07, 6.45) is 3.64. The molecule has 3 N–H and O–H groups in total. The number of aromatic nitrogens is 4. The molecule has 8 heteroatoms. The highest BCUT2D eigenvalue weighted by Gasteiger charge is 2.23. The smallest absolute Gasteiger partial charge is 0.220 e. The number of hydrogen-bond acceptors (Lipinski definition) is 6. The normalized spacial score (nSPS) is 13.0. The number of halogens is 1. The average molecular weight is 371 g/mol. The van der Waals surface area contributed by atoms with Gasteiger partial charge in [0.05, 0.1) is 17.9 Å². The number of hydrogen-bond donors (Lipinski definition) is 2. The minimum atomic E-state index is 0.263. The second-order valence-corrected chi connectivity index (χ2v) is 6.61. The molecule has 0 atom stereocenters. The van der Waals surface area contributed by atoms with Gasteiger partial charge in [-0.25, -0.2) is 9.97 Å². The van der Waals surface area contributed by atoms with Crippen molar-refractivity contribution in [3.05, 3.63) is 52.4 Å². The Morgan fingerprint density at radius 3 is 3.00 bits per heavy atom. The van der Waals surface area contributed by atoms with Crippen molar-refractivity contribution in [2.24, 2.45) is 0 Å². The molecule has 0 saturated carbocycles. The van der Waals surface area contributed by atoms with Gasteiger partial charge < -0.3 is 15.8 Å². The van der Waals surface area contributed by atoms with Crippen molar-refractivity contribution in [2.45, 2.75) is 26.6 Å². The van der Waals surface area contributed by atoms with Gasteiger partial charge in [-0.05, 0) is 30.7 Å². The highest BCUT2D eigenvalue weighted by Crippen LogP contribution is 2.38. The van der Waals surface area contributed by atoms with E-state index < -0.39 is 0 Å². The van der Waals surface area contributed by atoms with Gasteiger partial charge in [-0.15, -0.1) is 0 Å². The Bertz CT molecular complexity index is 941. The molecule has 0 unspecified atom stereocenters. The van der Waals surface area contributed by atoms with Gasteiger partial charge in [0, 0.05) is 41.6 Å². The lowest BCUT2D eigenvalue weighted by Crippen LogP contribution is -2.10. The number of aryl methyl sites for hydroxylation is 1. The summed E-state index contributed by atoms with van der Waals surface area (Å²) in [5.41, 5.74) is 10.6. The molecule has 0 aliphatic carbocycles. The van der Waals surface area contributed by atoms with Gasteiger partial charge >= 0.3 is 0 Å². The van der Waals surface area contributed by atoms with Gasteiger partial charge in [0.2, 0.25) is 5.95 Å². The molecule has 1 aliphatic rings. The van der Waals surface area contributed by atoms with Crippen molar-refractivity contribution in [3.63, 3.8) is 0 Å². The summed E-state index contributed by atoms with van der Waals surface area (Å²) < 4.78 is 7.88. The highest BCUT2D eigenvalue weighted by atomic mass is 35.5. The van der Waals surface area contributed by atoms with Crippen LogP contribution in [-0.4, -0.2) is 26.4 Å². The van der Waals surface area contributed by atoms with Crippen LogP contribution in [0.25, 0.3) is 11.3 Å². The van der Waals surface area contributed by atoms with Crippen LogP contribution in [-0.2, 0) is 19.6 Å². The molecule has 0 amide bonds. The van der Waals surface area contributed by atoms with Crippen LogP contribution in [0.15, 0.2) is 30.6 Å². The number of rotatable bonds is 5. The van der Waals surface area contributed by atoms with E-state index in [1.54, 1.807) is 6.20 Å². The van der Waals surface area contributed by atoms with E-state index in [-0.39, 0.29) is 5.95 Å². The molecule has 0 bridgehead atoms. The molecule has 2 aromatic heterocycles. The van der Waals surface area contributed by atoms with Crippen molar-refractivity contribution in [3.8, 4) is 17.0 Å². The van der Waals surface area contributed by atoms with Crippen molar-refractivity contribution >= 4 is 17.5 Å². The highest BCUT2D eigenvalue weighted by molar-refractivity contribution is 6.31. The lowest BCUT2D eigenvalue weighted by Gasteiger charge is -2.16. The van der Waals surface area contributed by atoms with Crippen LogP contribution in [0.4, 0.5) is 5.95 Å². The van der Waals surface area contributed by atoms with Crippen LogP contribution in [0.3, 0.4) is 0 Å². The summed E-state index contributed by atoms with van der Waals surface area (Å²) in [6.45, 7) is 4.50. The zero-order chi connectivity index (χ0) is 18.1. The van der Waals surface area contributed by atoms with Crippen LogP contribution >= 0.6 is 11.6 Å². The fraction of sp³-hybridized carbons (Fsp3) is 0.278. The number of ether oxygens (including phenoxy) is 1. The van der Waals surface area contributed by atoms with Gasteiger partial charge in [0.1, 0.15) is 12.4 Å². The Morgan fingerprint density at radius 2 is 2.19 bits per heavy atom. The van der Waals surface area contributed by atoms with Crippen molar-refractivity contribution in [2.75, 3.05) is 12.3 Å². The molecule has 1 aromatic carbocycles. The van der Waals surface area contributed by atoms with Crippen LogP contribution in [0, 0.1) is 6.92 Å². The molecular weight excluding hydrogens is 352 g/mol. The maximum atomic E-state index is 6.27. The molecule has 0 saturated heterocycles. The molecule has 0 fully saturated rings. The number of anilines is 1. The first-order chi connectivity index (χ1) is 12.6. The average Bonchev–Trinajstić information content (AvgIpc) is 3.25. The molecule has 4 rings (SSSR count). The Morgan fingerprint density at radius 1 is 1.31 bits per heavy atom. The fourth-order valence-corrected chi connectivity index (χ4v) is 3.47. The van der Waals surface area contributed by atoms with Gasteiger partial charge in [0.15, 0.2) is 0 Å². The number of benzene rings is 1. The van der Waals surface area contributed by atoms with Crippen LogP contribution in [0.1, 0.15) is 16.8 Å². The zero-order valence-electron chi connectivity index (χ0n) is 14.4. The predicted molar refractivity (Wildman–Crippen MR) is 99.9 cm³/mol. The van der Waals surface area contributed by atoms with Crippen molar-refractivity contribution in [1.82, 2.24) is 25.1 Å². The maximum Gasteiger partial charge on any atom is 0.220 e. The third-order valence-electron chi connectivity index (χ3n) is 4.34. The lowest BCUT2D eigenvalue weighted by molar-refractivity contribution is 0.292. The van der Waals surface area contributed by atoms with E-state index in [0.29, 0.717) is 37.0 Å². The zero-order valence-corrected chi connectivity index (χ0v) is 15.1. The SMILES string of the molecule is Cc1cc(Cl)cc(OCCn2cccn2)c1-c1nc(N)nc2c1CNC2. The standard InChI is InChI=1S/C18H19ClN6O/c1-11-7-12(19)8-15(26-6-5-25-4-2-3-22-25)16(11)17-13-9-21-10-14(13)23-18(20)24-17/h2-4,7-8,21H,5-6,9-10H2,1H3,(H2,20,23,24). The van der Waals surface area contributed by atoms with Gasteiger partial charge in [-0.1, -0.05) is 11.6 Å². The first kappa shape index (κ1) is 16.8. The van der Waals surface area contributed by atoms with E-state index >= 15 is 0 Å². The molecule has 0 radical (unpaired) electrons. The quantitative estimate of drug-likeness (QED) is 0.717. The molecule has 0 spiro atoms. The summed E-state index contributed by atoms with van der Waals surface area (Å²) >= 11 is 6.27. The maximum absolute atomic E-state index is 6.27. The molecular formula is C18H19ClN6O. The third-order valence-corrected chi connectivity index (χ3v) is 4.56. The Hall–Kier alpha value is -2.64. The van der Waals surface area contributed by atoms with Gasteiger partial charge in [-0.3, -0.25) is 4.68 Å². The molecule has 3 aromatic rings. The van der Waals surface area contributed by atoms with Gasteiger partial charge in [0.25, 0.3) is 0 Å². The molecule has 26 heavy (non-hydrogen) atoms. The summed E-state index contributed by atoms with van der Waals surface area (Å²) in [6, 6.07) is 5.61. The molecule has 7 nitrogen and oxygen atoms in total. The first-order valence-electron chi connectivity index (χ1n) is 8.38.